The van der Waals surface area contributed by atoms with Crippen molar-refractivity contribution in [1.29, 1.82) is 0 Å². The first-order chi connectivity index (χ1) is 8.86. The zero-order valence-electron chi connectivity index (χ0n) is 10.8. The molecule has 0 amide bonds. The Labute approximate surface area is 110 Å². The molecule has 0 aliphatic rings. The normalized spacial score (nSPS) is 8.89. The van der Waals surface area contributed by atoms with Crippen molar-refractivity contribution in [2.75, 3.05) is 0 Å². The molecule has 0 N–H and O–H groups in total. The number of hydrogen-bond donors (Lipinski definition) is 0. The Morgan fingerprint density at radius 1 is 0.611 bits per heavy atom. The van der Waals surface area contributed by atoms with Gasteiger partial charge in [0.25, 0.3) is 0 Å². The largest absolute Gasteiger partial charge is 0.103 e. The molecule has 0 radical (unpaired) electrons. The minimum absolute atomic E-state index is 0.973. The lowest BCUT2D eigenvalue weighted by Crippen LogP contribution is -1.75. The summed E-state index contributed by atoms with van der Waals surface area (Å²) >= 11 is 0. The molecule has 2 rings (SSSR count). The van der Waals surface area contributed by atoms with Crippen molar-refractivity contribution in [1.82, 2.24) is 0 Å². The van der Waals surface area contributed by atoms with Crippen LogP contribution in [0.25, 0.3) is 0 Å². The highest BCUT2D eigenvalue weighted by Crippen LogP contribution is 1.99. The summed E-state index contributed by atoms with van der Waals surface area (Å²) in [5.41, 5.74) is 2.65. The Kier molecular flexibility index (Phi) is 6.99. The molecule has 0 heteroatoms. The molecule has 18 heavy (non-hydrogen) atoms. The van der Waals surface area contributed by atoms with Gasteiger partial charge in [-0.3, -0.25) is 0 Å². The first kappa shape index (κ1) is 14.0. The maximum atomic E-state index is 3.66. The second kappa shape index (κ2) is 9.00. The van der Waals surface area contributed by atoms with Gasteiger partial charge in [0.05, 0.1) is 0 Å². The van der Waals surface area contributed by atoms with Gasteiger partial charge in [0, 0.05) is 0 Å². The highest BCUT2D eigenvalue weighted by atomic mass is 13.9. The van der Waals surface area contributed by atoms with Crippen LogP contribution in [-0.2, 0) is 12.8 Å². The monoisotopic (exact) mass is 236 g/mol. The van der Waals surface area contributed by atoms with Crippen molar-refractivity contribution in [3.05, 3.63) is 97.1 Å². The van der Waals surface area contributed by atoms with Crippen molar-refractivity contribution in [2.24, 2.45) is 0 Å². The van der Waals surface area contributed by atoms with Crippen LogP contribution in [0.3, 0.4) is 0 Å². The van der Waals surface area contributed by atoms with Crippen molar-refractivity contribution in [3.63, 3.8) is 0 Å². The molecular weight excluding hydrogens is 216 g/mol. The smallest absolute Gasteiger partial charge is 0.0100 e. The summed E-state index contributed by atoms with van der Waals surface area (Å²) < 4.78 is 0. The predicted molar refractivity (Wildman–Crippen MR) is 80.7 cm³/mol. The molecule has 92 valence electrons. The molecule has 0 nitrogen and oxygen atoms in total. The van der Waals surface area contributed by atoms with Crippen LogP contribution in [0, 0.1) is 0 Å². The van der Waals surface area contributed by atoms with E-state index in [2.05, 4.69) is 37.4 Å². The van der Waals surface area contributed by atoms with Gasteiger partial charge < -0.3 is 0 Å². The molecule has 0 aromatic heterocycles. The lowest BCUT2D eigenvalue weighted by molar-refractivity contribution is 1.28. The second-order valence-corrected chi connectivity index (χ2v) is 3.96. The van der Waals surface area contributed by atoms with Gasteiger partial charge in [-0.1, -0.05) is 72.8 Å². The molecule has 2 aromatic rings. The van der Waals surface area contributed by atoms with Gasteiger partial charge in [0.1, 0.15) is 0 Å². The zero-order valence-corrected chi connectivity index (χ0v) is 10.8. The van der Waals surface area contributed by atoms with E-state index >= 15 is 0 Å². The first-order valence-corrected chi connectivity index (χ1v) is 6.16. The number of allylic oxidation sites excluding steroid dienone is 2. The molecule has 0 saturated heterocycles. The summed E-state index contributed by atoms with van der Waals surface area (Å²) in [6, 6.07) is 20.6. The Balaban J connectivity index is 0.000000180. The molecule has 0 spiro atoms. The minimum atomic E-state index is 0.973. The fourth-order valence-electron chi connectivity index (χ4n) is 1.56. The van der Waals surface area contributed by atoms with E-state index in [9.17, 15) is 0 Å². The van der Waals surface area contributed by atoms with Gasteiger partial charge >= 0.3 is 0 Å². The molecule has 0 aliphatic heterocycles. The summed E-state index contributed by atoms with van der Waals surface area (Å²) in [5.74, 6) is 0. The van der Waals surface area contributed by atoms with E-state index in [0.29, 0.717) is 0 Å². The number of benzene rings is 2. The summed E-state index contributed by atoms with van der Waals surface area (Å²) in [7, 11) is 0. The van der Waals surface area contributed by atoms with Gasteiger partial charge in [-0.2, -0.15) is 0 Å². The Morgan fingerprint density at radius 2 is 0.944 bits per heavy atom. The van der Waals surface area contributed by atoms with Gasteiger partial charge in [0.2, 0.25) is 0 Å². The molecule has 2 aromatic carbocycles. The van der Waals surface area contributed by atoms with E-state index in [4.69, 9.17) is 0 Å². The SMILES string of the molecule is C=CCc1ccccc1.C=CCc1ccccc1. The summed E-state index contributed by atoms with van der Waals surface area (Å²) in [5, 5.41) is 0. The molecule has 0 fully saturated rings. The predicted octanol–water partition coefficient (Wildman–Crippen LogP) is 4.83. The van der Waals surface area contributed by atoms with Crippen LogP contribution < -0.4 is 0 Å². The Hall–Kier alpha value is -2.08. The van der Waals surface area contributed by atoms with E-state index in [0.717, 1.165) is 12.8 Å². The molecule has 0 saturated carbocycles. The van der Waals surface area contributed by atoms with Crippen molar-refractivity contribution in [2.45, 2.75) is 12.8 Å². The van der Waals surface area contributed by atoms with E-state index in [1.807, 2.05) is 48.6 Å². The van der Waals surface area contributed by atoms with Crippen LogP contribution >= 0.6 is 0 Å². The Morgan fingerprint density at radius 3 is 1.22 bits per heavy atom. The fraction of sp³-hybridized carbons (Fsp3) is 0.111. The highest BCUT2D eigenvalue weighted by Gasteiger charge is 1.82. The van der Waals surface area contributed by atoms with Gasteiger partial charge in [-0.25, -0.2) is 0 Å². The maximum Gasteiger partial charge on any atom is -0.0100 e. The van der Waals surface area contributed by atoms with Crippen molar-refractivity contribution in [3.8, 4) is 0 Å². The third-order valence-electron chi connectivity index (χ3n) is 2.45. The maximum absolute atomic E-state index is 3.66. The van der Waals surface area contributed by atoms with Crippen molar-refractivity contribution < 1.29 is 0 Å². The topological polar surface area (TPSA) is 0 Å². The van der Waals surface area contributed by atoms with Gasteiger partial charge in [-0.05, 0) is 24.0 Å². The molecule has 0 atom stereocenters. The highest BCUT2D eigenvalue weighted by molar-refractivity contribution is 5.17. The quantitative estimate of drug-likeness (QED) is 0.667. The molecular formula is C18H20. The second-order valence-electron chi connectivity index (χ2n) is 3.96. The van der Waals surface area contributed by atoms with E-state index < -0.39 is 0 Å². The van der Waals surface area contributed by atoms with Gasteiger partial charge in [0.15, 0.2) is 0 Å². The van der Waals surface area contributed by atoms with Gasteiger partial charge in [-0.15, -0.1) is 13.2 Å². The lowest BCUT2D eigenvalue weighted by atomic mass is 10.2. The summed E-state index contributed by atoms with van der Waals surface area (Å²) in [4.78, 5) is 0. The zero-order chi connectivity index (χ0) is 13.1. The van der Waals surface area contributed by atoms with Crippen LogP contribution in [0.5, 0.6) is 0 Å². The van der Waals surface area contributed by atoms with Crippen molar-refractivity contribution >= 4 is 0 Å². The number of hydrogen-bond acceptors (Lipinski definition) is 0. The summed E-state index contributed by atoms with van der Waals surface area (Å²) in [6.07, 6.45) is 5.77. The average molecular weight is 236 g/mol. The summed E-state index contributed by atoms with van der Waals surface area (Å²) in [6.45, 7) is 7.31. The van der Waals surface area contributed by atoms with Crippen LogP contribution in [-0.4, -0.2) is 0 Å². The van der Waals surface area contributed by atoms with Crippen LogP contribution in [0.1, 0.15) is 11.1 Å². The lowest BCUT2D eigenvalue weighted by Gasteiger charge is -1.91. The average Bonchev–Trinajstić information content (AvgIpc) is 2.43. The molecule has 0 unspecified atom stereocenters. The van der Waals surface area contributed by atoms with E-state index in [1.165, 1.54) is 11.1 Å². The Bertz CT molecular complexity index is 394. The molecule has 0 heterocycles. The number of rotatable bonds is 4. The fourth-order valence-corrected chi connectivity index (χ4v) is 1.56. The van der Waals surface area contributed by atoms with Crippen LogP contribution in [0.15, 0.2) is 86.0 Å². The minimum Gasteiger partial charge on any atom is -0.103 e. The van der Waals surface area contributed by atoms with Crippen LogP contribution in [0.2, 0.25) is 0 Å². The van der Waals surface area contributed by atoms with E-state index in [1.54, 1.807) is 0 Å². The third-order valence-corrected chi connectivity index (χ3v) is 2.45. The molecule has 0 bridgehead atoms. The van der Waals surface area contributed by atoms with E-state index in [-0.39, 0.29) is 0 Å². The standard InChI is InChI=1S/2C9H10/c2*1-2-6-9-7-4-3-5-8-9/h2*2-5,7-8H,1,6H2. The molecule has 0 aliphatic carbocycles. The first-order valence-electron chi connectivity index (χ1n) is 6.16. The third kappa shape index (κ3) is 5.86. The van der Waals surface area contributed by atoms with Crippen LogP contribution in [0.4, 0.5) is 0 Å².